The highest BCUT2D eigenvalue weighted by atomic mass is 79.9. The van der Waals surface area contributed by atoms with Crippen molar-refractivity contribution in [1.82, 2.24) is 5.32 Å². The van der Waals surface area contributed by atoms with Crippen molar-refractivity contribution in [2.75, 3.05) is 6.54 Å². The van der Waals surface area contributed by atoms with Gasteiger partial charge in [0, 0.05) is 10.5 Å². The first kappa shape index (κ1) is 15.4. The second kappa shape index (κ2) is 7.65. The van der Waals surface area contributed by atoms with Gasteiger partial charge in [-0.25, -0.2) is 0 Å². The third-order valence-corrected chi connectivity index (χ3v) is 2.85. The van der Waals surface area contributed by atoms with E-state index in [-0.39, 0.29) is 30.9 Å². The van der Waals surface area contributed by atoms with Crippen LogP contribution >= 0.6 is 28.3 Å². The van der Waals surface area contributed by atoms with Crippen LogP contribution < -0.4 is 11.1 Å². The lowest BCUT2D eigenvalue weighted by atomic mass is 10.1. The standard InChI is InChI=1S/C11H15BrN2O.ClH/c1-8(14-11(15)7-13)6-9-4-2-3-5-10(9)12;/h2-5,8H,6-7,13H2,1H3,(H,14,15);1H. The van der Waals surface area contributed by atoms with Crippen LogP contribution in [0.3, 0.4) is 0 Å². The molecule has 0 saturated carbocycles. The number of rotatable bonds is 4. The van der Waals surface area contributed by atoms with Crippen LogP contribution in [-0.4, -0.2) is 18.5 Å². The molecule has 1 aromatic carbocycles. The van der Waals surface area contributed by atoms with Crippen LogP contribution in [-0.2, 0) is 11.2 Å². The highest BCUT2D eigenvalue weighted by Crippen LogP contribution is 2.17. The molecule has 0 aromatic heterocycles. The van der Waals surface area contributed by atoms with Crippen molar-refractivity contribution in [3.05, 3.63) is 34.3 Å². The van der Waals surface area contributed by atoms with Crippen LogP contribution in [0, 0.1) is 0 Å². The summed E-state index contributed by atoms with van der Waals surface area (Å²) in [6.45, 7) is 2.01. The van der Waals surface area contributed by atoms with Crippen molar-refractivity contribution in [2.45, 2.75) is 19.4 Å². The fourth-order valence-corrected chi connectivity index (χ4v) is 1.83. The van der Waals surface area contributed by atoms with Crippen LogP contribution in [0.15, 0.2) is 28.7 Å². The Morgan fingerprint density at radius 2 is 2.12 bits per heavy atom. The van der Waals surface area contributed by atoms with Crippen molar-refractivity contribution in [1.29, 1.82) is 0 Å². The van der Waals surface area contributed by atoms with Gasteiger partial charge in [-0.1, -0.05) is 34.1 Å². The van der Waals surface area contributed by atoms with Crippen LogP contribution in [0.5, 0.6) is 0 Å². The van der Waals surface area contributed by atoms with Crippen molar-refractivity contribution < 1.29 is 4.79 Å². The van der Waals surface area contributed by atoms with Crippen LogP contribution in [0.2, 0.25) is 0 Å². The van der Waals surface area contributed by atoms with Crippen molar-refractivity contribution in [2.24, 2.45) is 5.73 Å². The Hall–Kier alpha value is -0.580. The molecule has 0 radical (unpaired) electrons. The molecule has 3 nitrogen and oxygen atoms in total. The number of benzene rings is 1. The third kappa shape index (κ3) is 4.96. The summed E-state index contributed by atoms with van der Waals surface area (Å²) in [4.78, 5) is 11.0. The Labute approximate surface area is 110 Å². The van der Waals surface area contributed by atoms with Gasteiger partial charge in [-0.2, -0.15) is 0 Å². The molecule has 0 fully saturated rings. The lowest BCUT2D eigenvalue weighted by Crippen LogP contribution is -2.38. The Balaban J connectivity index is 0.00000225. The van der Waals surface area contributed by atoms with Gasteiger partial charge in [-0.15, -0.1) is 12.4 Å². The van der Waals surface area contributed by atoms with E-state index in [1.165, 1.54) is 5.56 Å². The second-order valence-electron chi connectivity index (χ2n) is 3.47. The van der Waals surface area contributed by atoms with E-state index >= 15 is 0 Å². The van der Waals surface area contributed by atoms with Gasteiger partial charge < -0.3 is 11.1 Å². The Kier molecular flexibility index (Phi) is 7.38. The number of hydrogen-bond acceptors (Lipinski definition) is 2. The van der Waals surface area contributed by atoms with Crippen LogP contribution in [0.4, 0.5) is 0 Å². The highest BCUT2D eigenvalue weighted by molar-refractivity contribution is 9.10. The summed E-state index contributed by atoms with van der Waals surface area (Å²) in [7, 11) is 0. The minimum Gasteiger partial charge on any atom is -0.352 e. The topological polar surface area (TPSA) is 55.1 Å². The number of carbonyl (C=O) groups excluding carboxylic acids is 1. The van der Waals surface area contributed by atoms with Gasteiger partial charge in [-0.05, 0) is 25.0 Å². The summed E-state index contributed by atoms with van der Waals surface area (Å²) in [5.74, 6) is -0.116. The van der Waals surface area contributed by atoms with Gasteiger partial charge in [-0.3, -0.25) is 4.79 Å². The maximum atomic E-state index is 11.0. The normalized spacial score (nSPS) is 11.4. The molecular formula is C11H16BrClN2O. The van der Waals surface area contributed by atoms with Gasteiger partial charge in [0.25, 0.3) is 0 Å². The minimum absolute atomic E-state index is 0. The van der Waals surface area contributed by atoms with E-state index < -0.39 is 0 Å². The minimum atomic E-state index is -0.116. The molecule has 5 heteroatoms. The molecule has 0 saturated heterocycles. The maximum Gasteiger partial charge on any atom is 0.233 e. The highest BCUT2D eigenvalue weighted by Gasteiger charge is 2.08. The van der Waals surface area contributed by atoms with Crippen LogP contribution in [0.25, 0.3) is 0 Å². The lowest BCUT2D eigenvalue weighted by molar-refractivity contribution is -0.120. The van der Waals surface area contributed by atoms with E-state index in [0.29, 0.717) is 0 Å². The summed E-state index contributed by atoms with van der Waals surface area (Å²) < 4.78 is 1.07. The van der Waals surface area contributed by atoms with Gasteiger partial charge in [0.1, 0.15) is 0 Å². The molecule has 0 spiro atoms. The number of hydrogen-bond donors (Lipinski definition) is 2. The average molecular weight is 308 g/mol. The predicted octanol–water partition coefficient (Wildman–Crippen LogP) is 1.88. The molecular weight excluding hydrogens is 291 g/mol. The first-order valence-corrected chi connectivity index (χ1v) is 5.65. The molecule has 0 aliphatic carbocycles. The fourth-order valence-electron chi connectivity index (χ4n) is 1.38. The molecule has 0 heterocycles. The lowest BCUT2D eigenvalue weighted by Gasteiger charge is -2.14. The molecule has 1 unspecified atom stereocenters. The molecule has 1 atom stereocenters. The number of amides is 1. The average Bonchev–Trinajstić information content (AvgIpc) is 2.21. The summed E-state index contributed by atoms with van der Waals surface area (Å²) >= 11 is 3.47. The zero-order valence-electron chi connectivity index (χ0n) is 9.07. The summed E-state index contributed by atoms with van der Waals surface area (Å²) in [6, 6.07) is 8.08. The molecule has 0 aliphatic heterocycles. The van der Waals surface area contributed by atoms with E-state index in [1.807, 2.05) is 31.2 Å². The van der Waals surface area contributed by atoms with E-state index in [1.54, 1.807) is 0 Å². The molecule has 1 rings (SSSR count). The van der Waals surface area contributed by atoms with Gasteiger partial charge in [0.15, 0.2) is 0 Å². The number of nitrogens with one attached hydrogen (secondary N) is 1. The molecule has 1 amide bonds. The van der Waals surface area contributed by atoms with Crippen molar-refractivity contribution in [3.8, 4) is 0 Å². The first-order chi connectivity index (χ1) is 7.13. The van der Waals surface area contributed by atoms with E-state index in [9.17, 15) is 4.79 Å². The van der Waals surface area contributed by atoms with Crippen LogP contribution in [0.1, 0.15) is 12.5 Å². The zero-order valence-corrected chi connectivity index (χ0v) is 11.5. The summed E-state index contributed by atoms with van der Waals surface area (Å²) in [6.07, 6.45) is 0.799. The maximum absolute atomic E-state index is 11.0. The van der Waals surface area contributed by atoms with E-state index in [2.05, 4.69) is 21.2 Å². The Morgan fingerprint density at radius 3 is 2.69 bits per heavy atom. The predicted molar refractivity (Wildman–Crippen MR) is 71.8 cm³/mol. The molecule has 1 aromatic rings. The largest absolute Gasteiger partial charge is 0.352 e. The SMILES string of the molecule is CC(Cc1ccccc1Br)NC(=O)CN.Cl. The van der Waals surface area contributed by atoms with Gasteiger partial charge >= 0.3 is 0 Å². The van der Waals surface area contributed by atoms with E-state index in [4.69, 9.17) is 5.73 Å². The molecule has 0 bridgehead atoms. The number of nitrogens with two attached hydrogens (primary N) is 1. The first-order valence-electron chi connectivity index (χ1n) is 4.86. The Bertz CT molecular complexity index is 347. The monoisotopic (exact) mass is 306 g/mol. The molecule has 16 heavy (non-hydrogen) atoms. The molecule has 3 N–H and O–H groups in total. The number of halogens is 2. The van der Waals surface area contributed by atoms with Gasteiger partial charge in [0.05, 0.1) is 6.54 Å². The molecule has 0 aliphatic rings. The zero-order chi connectivity index (χ0) is 11.3. The third-order valence-electron chi connectivity index (χ3n) is 2.08. The quantitative estimate of drug-likeness (QED) is 0.892. The summed E-state index contributed by atoms with van der Waals surface area (Å²) in [5, 5.41) is 2.82. The fraction of sp³-hybridized carbons (Fsp3) is 0.364. The van der Waals surface area contributed by atoms with Crippen molar-refractivity contribution >= 4 is 34.2 Å². The second-order valence-corrected chi connectivity index (χ2v) is 4.32. The van der Waals surface area contributed by atoms with E-state index in [0.717, 1.165) is 10.9 Å². The smallest absolute Gasteiger partial charge is 0.233 e. The molecule has 90 valence electrons. The summed E-state index contributed by atoms with van der Waals surface area (Å²) in [5.41, 5.74) is 6.41. The van der Waals surface area contributed by atoms with Gasteiger partial charge in [0.2, 0.25) is 5.91 Å². The Morgan fingerprint density at radius 1 is 1.50 bits per heavy atom. The van der Waals surface area contributed by atoms with Crippen molar-refractivity contribution in [3.63, 3.8) is 0 Å². The number of carbonyl (C=O) groups is 1.